The first-order chi connectivity index (χ1) is 13.1. The molecule has 0 aliphatic carbocycles. The number of phosphoric ester groups is 1. The highest BCUT2D eigenvalue weighted by Gasteiger charge is 2.44. The molecule has 1 aromatic rings. The van der Waals surface area contributed by atoms with Gasteiger partial charge in [-0.15, -0.1) is 0 Å². The zero-order chi connectivity index (χ0) is 22.2. The Morgan fingerprint density at radius 3 is 2.34 bits per heavy atom. The van der Waals surface area contributed by atoms with Gasteiger partial charge in [0, 0.05) is 6.20 Å². The molecule has 1 aliphatic rings. The third-order valence-corrected chi connectivity index (χ3v) is 7.23. The minimum atomic E-state index is -6.12. The molecular formula is C9H12N3O13P3S-4. The van der Waals surface area contributed by atoms with Gasteiger partial charge in [0.15, 0.2) is 6.23 Å². The quantitative estimate of drug-likeness (QED) is 0.235. The van der Waals surface area contributed by atoms with Crippen LogP contribution >= 0.6 is 35.7 Å². The Morgan fingerprint density at radius 1 is 1.17 bits per heavy atom. The fourth-order valence-corrected chi connectivity index (χ4v) is 5.30. The van der Waals surface area contributed by atoms with E-state index in [0.717, 1.165) is 4.57 Å². The highest BCUT2D eigenvalue weighted by atomic mass is 32.1. The fourth-order valence-electron chi connectivity index (χ4n) is 2.16. The van der Waals surface area contributed by atoms with Gasteiger partial charge in [0.05, 0.1) is 14.4 Å². The number of nitrogens with two attached hydrogens (primary N) is 1. The molecule has 1 saturated heterocycles. The van der Waals surface area contributed by atoms with Crippen molar-refractivity contribution in [3.8, 4) is 0 Å². The number of nitrogen functional groups attached to an aromatic ring is 1. The summed E-state index contributed by atoms with van der Waals surface area (Å²) in [6, 6.07) is 1.30. The molecule has 2 heterocycles. The summed E-state index contributed by atoms with van der Waals surface area (Å²) in [6.07, 6.45) is -4.93. The molecule has 0 radical (unpaired) electrons. The first-order valence-electron chi connectivity index (χ1n) is 7.18. The van der Waals surface area contributed by atoms with Crippen molar-refractivity contribution in [3.63, 3.8) is 0 Å². The number of ether oxygens (including phenoxy) is 1. The number of anilines is 1. The van der Waals surface area contributed by atoms with Crippen LogP contribution in [0.15, 0.2) is 12.3 Å². The summed E-state index contributed by atoms with van der Waals surface area (Å²) >= 11 is 4.93. The Morgan fingerprint density at radius 2 is 1.79 bits per heavy atom. The first kappa shape index (κ1) is 24.7. The molecule has 0 bridgehead atoms. The van der Waals surface area contributed by atoms with Crippen LogP contribution < -0.4 is 25.3 Å². The lowest BCUT2D eigenvalue weighted by molar-refractivity contribution is -0.339. The molecule has 1 aliphatic heterocycles. The van der Waals surface area contributed by atoms with Gasteiger partial charge in [-0.3, -0.25) is 18.0 Å². The monoisotopic (exact) mass is 495 g/mol. The molecule has 166 valence electrons. The zero-order valence-electron chi connectivity index (χ0n) is 13.8. The minimum absolute atomic E-state index is 0.0635. The molecule has 0 spiro atoms. The van der Waals surface area contributed by atoms with Crippen molar-refractivity contribution in [1.29, 1.82) is 0 Å². The van der Waals surface area contributed by atoms with Crippen LogP contribution in [0, 0.1) is 4.77 Å². The van der Waals surface area contributed by atoms with E-state index in [-0.39, 0.29) is 10.6 Å². The van der Waals surface area contributed by atoms with E-state index >= 15 is 0 Å². The molecule has 0 aromatic carbocycles. The maximum atomic E-state index is 11.5. The lowest BCUT2D eigenvalue weighted by Crippen LogP contribution is -2.34. The number of phosphoric acid groups is 3. The van der Waals surface area contributed by atoms with Gasteiger partial charge >= 0.3 is 0 Å². The average Bonchev–Trinajstić information content (AvgIpc) is 2.78. The molecule has 4 N–H and O–H groups in total. The van der Waals surface area contributed by atoms with E-state index in [2.05, 4.69) is 18.1 Å². The van der Waals surface area contributed by atoms with Gasteiger partial charge in [-0.1, -0.05) is 0 Å². The van der Waals surface area contributed by atoms with Crippen molar-refractivity contribution < 1.29 is 61.4 Å². The van der Waals surface area contributed by atoms with Crippen LogP contribution in [0.25, 0.3) is 0 Å². The number of aliphatic hydroxyl groups is 2. The van der Waals surface area contributed by atoms with Crippen molar-refractivity contribution in [2.24, 2.45) is 0 Å². The van der Waals surface area contributed by atoms with Crippen LogP contribution in [0.3, 0.4) is 0 Å². The highest BCUT2D eigenvalue weighted by Crippen LogP contribution is 2.60. The summed E-state index contributed by atoms with van der Waals surface area (Å²) in [6.45, 7) is -1.07. The van der Waals surface area contributed by atoms with E-state index in [1.54, 1.807) is 0 Å². The molecule has 2 rings (SSSR count). The van der Waals surface area contributed by atoms with Gasteiger partial charge in [-0.25, -0.2) is 9.29 Å². The highest BCUT2D eigenvalue weighted by molar-refractivity contribution is 7.71. The van der Waals surface area contributed by atoms with Crippen molar-refractivity contribution in [3.05, 3.63) is 17.0 Å². The number of nitrogens with zero attached hydrogens (tertiary/aromatic N) is 2. The SMILES string of the molecule is Nc1ccn(C2OC(COP(=O)([O-])OP(=O)([O-])OP(=O)([O-])[O-])C(O)C2O)c(=S)n1. The van der Waals surface area contributed by atoms with Crippen LogP contribution in [0.2, 0.25) is 0 Å². The topological polar surface area (TPSA) is 265 Å². The second-order valence-electron chi connectivity index (χ2n) is 5.39. The Kier molecular flexibility index (Phi) is 7.54. The molecule has 6 unspecified atom stereocenters. The van der Waals surface area contributed by atoms with Crippen molar-refractivity contribution in [2.75, 3.05) is 12.3 Å². The smallest absolute Gasteiger partial charge is 0.278 e. The third kappa shape index (κ3) is 6.95. The van der Waals surface area contributed by atoms with Crippen LogP contribution in [0.5, 0.6) is 0 Å². The predicted octanol–water partition coefficient (Wildman–Crippen LogP) is -3.37. The van der Waals surface area contributed by atoms with E-state index < -0.39 is 54.6 Å². The molecule has 6 atom stereocenters. The van der Waals surface area contributed by atoms with Gasteiger partial charge in [0.1, 0.15) is 24.1 Å². The first-order valence-corrected chi connectivity index (χ1v) is 12.0. The summed E-state index contributed by atoms with van der Waals surface area (Å²) in [5.41, 5.74) is 5.44. The molecule has 1 aromatic heterocycles. The Hall–Kier alpha value is -0.610. The molecule has 16 nitrogen and oxygen atoms in total. The van der Waals surface area contributed by atoms with Crippen molar-refractivity contribution in [1.82, 2.24) is 9.55 Å². The largest absolute Gasteiger partial charge is 0.790 e. The Balaban J connectivity index is 2.05. The Labute approximate surface area is 166 Å². The third-order valence-electron chi connectivity index (χ3n) is 3.26. The number of hydrogen-bond acceptors (Lipinski definition) is 16. The van der Waals surface area contributed by atoms with Crippen LogP contribution in [-0.2, 0) is 31.6 Å². The predicted molar refractivity (Wildman–Crippen MR) is 84.3 cm³/mol. The molecule has 0 saturated carbocycles. The van der Waals surface area contributed by atoms with Gasteiger partial charge in [0.25, 0.3) is 15.6 Å². The van der Waals surface area contributed by atoms with Gasteiger partial charge in [0.2, 0.25) is 4.77 Å². The van der Waals surface area contributed by atoms with Crippen LogP contribution in [-0.4, -0.2) is 44.7 Å². The average molecular weight is 495 g/mol. The van der Waals surface area contributed by atoms with E-state index in [1.165, 1.54) is 12.3 Å². The lowest BCUT2D eigenvalue weighted by Gasteiger charge is -2.37. The maximum absolute atomic E-state index is 11.5. The number of aliphatic hydroxyl groups excluding tert-OH is 2. The van der Waals surface area contributed by atoms with Crippen LogP contribution in [0.4, 0.5) is 5.82 Å². The van der Waals surface area contributed by atoms with Crippen molar-refractivity contribution in [2.45, 2.75) is 24.5 Å². The van der Waals surface area contributed by atoms with E-state index in [4.69, 9.17) is 22.7 Å². The molecule has 1 fully saturated rings. The van der Waals surface area contributed by atoms with Gasteiger partial charge < -0.3 is 49.3 Å². The zero-order valence-corrected chi connectivity index (χ0v) is 17.3. The van der Waals surface area contributed by atoms with E-state index in [0.29, 0.717) is 0 Å². The summed E-state index contributed by atoms with van der Waals surface area (Å²) in [5, 5.41) is 20.0. The maximum Gasteiger partial charge on any atom is 0.278 e. The molecule has 29 heavy (non-hydrogen) atoms. The van der Waals surface area contributed by atoms with Crippen molar-refractivity contribution >= 4 is 41.5 Å². The standard InChI is InChI=1S/C9H16N3O13P3S/c10-5-1-2-12(9(29)11-5)8-7(14)6(13)4(23-8)3-22-27(18,19)25-28(20,21)24-26(15,16)17/h1-2,4,6-8,13-14H,3H2,(H,18,19)(H,20,21)(H2,10,11,29)(H2,15,16,17)/p-4. The number of aromatic nitrogens is 2. The normalized spacial score (nSPS) is 29.3. The lowest BCUT2D eigenvalue weighted by atomic mass is 10.1. The second-order valence-corrected chi connectivity index (χ2v) is 10.0. The summed E-state index contributed by atoms with van der Waals surface area (Å²) < 4.78 is 49.6. The Bertz CT molecular complexity index is 951. The minimum Gasteiger partial charge on any atom is -0.790 e. The number of rotatable bonds is 8. The van der Waals surface area contributed by atoms with Gasteiger partial charge in [-0.2, -0.15) is 0 Å². The summed E-state index contributed by atoms with van der Waals surface area (Å²) in [5.74, 6) is 0.0635. The molecule has 20 heteroatoms. The van der Waals surface area contributed by atoms with Crippen LogP contribution in [0.1, 0.15) is 6.23 Å². The molecular weight excluding hydrogens is 483 g/mol. The summed E-state index contributed by atoms with van der Waals surface area (Å²) in [7, 11) is -18.0. The molecule has 0 amide bonds. The fraction of sp³-hybridized carbons (Fsp3) is 0.556. The van der Waals surface area contributed by atoms with E-state index in [1.807, 2.05) is 0 Å². The second kappa shape index (κ2) is 8.86. The van der Waals surface area contributed by atoms with Gasteiger partial charge in [-0.05, 0) is 18.3 Å². The van der Waals surface area contributed by atoms with E-state index in [9.17, 15) is 43.5 Å². The number of hydrogen-bond donors (Lipinski definition) is 3. The summed E-state index contributed by atoms with van der Waals surface area (Å²) in [4.78, 5) is 46.9.